The van der Waals surface area contributed by atoms with Crippen LogP contribution in [-0.4, -0.2) is 45.7 Å². The van der Waals surface area contributed by atoms with Crippen molar-refractivity contribution in [3.8, 4) is 0 Å². The number of pyridine rings is 1. The van der Waals surface area contributed by atoms with Crippen molar-refractivity contribution >= 4 is 11.6 Å². The monoisotopic (exact) mass is 251 g/mol. The van der Waals surface area contributed by atoms with Crippen LogP contribution < -0.4 is 5.32 Å². The maximum atomic E-state index is 13.0. The number of nitrogens with one attached hydrogen (secondary N) is 1. The minimum atomic E-state index is -0.321. The van der Waals surface area contributed by atoms with Crippen molar-refractivity contribution in [1.29, 1.82) is 0 Å². The Bertz CT molecular complexity index is 522. The molecular formula is C12H18FN5. The Hall–Kier alpha value is -1.69. The van der Waals surface area contributed by atoms with E-state index >= 15 is 0 Å². The molecule has 0 unspecified atom stereocenters. The van der Waals surface area contributed by atoms with Crippen LogP contribution in [-0.2, 0) is 0 Å². The average Bonchev–Trinajstić information content (AvgIpc) is 2.70. The fourth-order valence-electron chi connectivity index (χ4n) is 1.54. The molecule has 98 valence electrons. The van der Waals surface area contributed by atoms with Crippen LogP contribution >= 0.6 is 0 Å². The van der Waals surface area contributed by atoms with Crippen LogP contribution in [0.5, 0.6) is 0 Å². The van der Waals surface area contributed by atoms with Crippen LogP contribution in [0.4, 0.5) is 10.3 Å². The molecule has 0 aliphatic carbocycles. The van der Waals surface area contributed by atoms with E-state index in [9.17, 15) is 4.39 Å². The molecule has 0 aliphatic heterocycles. The van der Waals surface area contributed by atoms with Crippen LogP contribution in [0.2, 0.25) is 0 Å². The van der Waals surface area contributed by atoms with E-state index in [1.54, 1.807) is 6.07 Å². The summed E-state index contributed by atoms with van der Waals surface area (Å²) >= 11 is 0. The molecule has 0 spiro atoms. The molecule has 0 aromatic carbocycles. The van der Waals surface area contributed by atoms with Crippen molar-refractivity contribution in [1.82, 2.24) is 19.5 Å². The Balaban J connectivity index is 1.96. The zero-order valence-electron chi connectivity index (χ0n) is 10.9. The summed E-state index contributed by atoms with van der Waals surface area (Å²) in [6, 6.07) is 3.49. The zero-order chi connectivity index (χ0) is 13.1. The molecule has 0 atom stereocenters. The smallest absolute Gasteiger partial charge is 0.243 e. The molecule has 0 radical (unpaired) electrons. The number of aromatic nitrogens is 3. The number of hydrogen-bond donors (Lipinski definition) is 1. The molecular weight excluding hydrogens is 233 g/mol. The Morgan fingerprint density at radius 3 is 2.94 bits per heavy atom. The van der Waals surface area contributed by atoms with Gasteiger partial charge in [-0.2, -0.15) is 4.98 Å². The van der Waals surface area contributed by atoms with E-state index in [0.717, 1.165) is 13.1 Å². The molecule has 0 bridgehead atoms. The summed E-state index contributed by atoms with van der Waals surface area (Å²) < 4.78 is 14.4. The van der Waals surface area contributed by atoms with Crippen molar-refractivity contribution in [3.63, 3.8) is 0 Å². The van der Waals surface area contributed by atoms with Gasteiger partial charge in [-0.15, -0.1) is 5.10 Å². The molecule has 2 aromatic heterocycles. The molecule has 2 rings (SSSR count). The third kappa shape index (κ3) is 2.95. The number of fused-ring (bicyclic) bond motifs is 1. The molecule has 5 nitrogen and oxygen atoms in total. The average molecular weight is 251 g/mol. The minimum Gasteiger partial charge on any atom is -0.352 e. The first kappa shape index (κ1) is 12.8. The standard InChI is InChI=1S/C12H18FN5/c1-9(2)17(3)7-6-14-12-15-11-5-4-10(13)8-18(11)16-12/h4-5,8-9H,6-7H2,1-3H3,(H,14,16). The number of anilines is 1. The summed E-state index contributed by atoms with van der Waals surface area (Å²) in [6.07, 6.45) is 1.31. The summed E-state index contributed by atoms with van der Waals surface area (Å²) in [7, 11) is 2.07. The highest BCUT2D eigenvalue weighted by atomic mass is 19.1. The zero-order valence-corrected chi connectivity index (χ0v) is 10.9. The van der Waals surface area contributed by atoms with Crippen molar-refractivity contribution in [2.24, 2.45) is 0 Å². The van der Waals surface area contributed by atoms with Gasteiger partial charge in [-0.3, -0.25) is 0 Å². The van der Waals surface area contributed by atoms with Crippen LogP contribution in [0.25, 0.3) is 5.65 Å². The second-order valence-corrected chi connectivity index (χ2v) is 4.59. The molecule has 0 amide bonds. The fourth-order valence-corrected chi connectivity index (χ4v) is 1.54. The summed E-state index contributed by atoms with van der Waals surface area (Å²) in [5.74, 6) is 0.205. The highest BCUT2D eigenvalue weighted by Crippen LogP contribution is 2.06. The van der Waals surface area contributed by atoms with Gasteiger partial charge < -0.3 is 10.2 Å². The Morgan fingerprint density at radius 1 is 1.44 bits per heavy atom. The van der Waals surface area contributed by atoms with Gasteiger partial charge in [-0.1, -0.05) is 0 Å². The maximum Gasteiger partial charge on any atom is 0.243 e. The summed E-state index contributed by atoms with van der Waals surface area (Å²) in [5, 5.41) is 7.28. The van der Waals surface area contributed by atoms with Crippen molar-refractivity contribution in [3.05, 3.63) is 24.1 Å². The highest BCUT2D eigenvalue weighted by molar-refractivity contribution is 5.42. The number of likely N-dealkylation sites (N-methyl/N-ethyl adjacent to an activating group) is 1. The van der Waals surface area contributed by atoms with Crippen LogP contribution in [0.15, 0.2) is 18.3 Å². The minimum absolute atomic E-state index is 0.321. The van der Waals surface area contributed by atoms with Gasteiger partial charge in [-0.25, -0.2) is 8.91 Å². The van der Waals surface area contributed by atoms with E-state index < -0.39 is 0 Å². The molecule has 18 heavy (non-hydrogen) atoms. The quantitative estimate of drug-likeness (QED) is 0.877. The van der Waals surface area contributed by atoms with Gasteiger partial charge >= 0.3 is 0 Å². The normalized spacial score (nSPS) is 11.7. The van der Waals surface area contributed by atoms with Crippen LogP contribution in [0.3, 0.4) is 0 Å². The van der Waals surface area contributed by atoms with Gasteiger partial charge in [0.1, 0.15) is 5.82 Å². The number of rotatable bonds is 5. The maximum absolute atomic E-state index is 13.0. The predicted octanol–water partition coefficient (Wildman–Crippen LogP) is 1.62. The Morgan fingerprint density at radius 2 is 2.22 bits per heavy atom. The molecule has 2 aromatic rings. The van der Waals surface area contributed by atoms with Crippen molar-refractivity contribution < 1.29 is 4.39 Å². The lowest BCUT2D eigenvalue weighted by molar-refractivity contribution is 0.284. The molecule has 0 saturated carbocycles. The van der Waals surface area contributed by atoms with E-state index in [0.29, 0.717) is 17.6 Å². The van der Waals surface area contributed by atoms with Gasteiger partial charge in [0.2, 0.25) is 5.95 Å². The van der Waals surface area contributed by atoms with E-state index in [2.05, 4.69) is 41.2 Å². The molecule has 0 aliphatic rings. The second-order valence-electron chi connectivity index (χ2n) is 4.59. The first-order valence-electron chi connectivity index (χ1n) is 6.02. The summed E-state index contributed by atoms with van der Waals surface area (Å²) in [6.45, 7) is 5.95. The SMILES string of the molecule is CC(C)N(C)CCNc1nc2ccc(F)cn2n1. The molecule has 6 heteroatoms. The van der Waals surface area contributed by atoms with Gasteiger partial charge in [0.25, 0.3) is 0 Å². The van der Waals surface area contributed by atoms with E-state index in [1.165, 1.54) is 16.8 Å². The van der Waals surface area contributed by atoms with E-state index in [-0.39, 0.29) is 5.82 Å². The third-order valence-corrected chi connectivity index (χ3v) is 2.92. The predicted molar refractivity (Wildman–Crippen MR) is 69.2 cm³/mol. The second kappa shape index (κ2) is 5.30. The summed E-state index contributed by atoms with van der Waals surface area (Å²) in [5.41, 5.74) is 0.635. The van der Waals surface area contributed by atoms with Crippen LogP contribution in [0, 0.1) is 5.82 Å². The summed E-state index contributed by atoms with van der Waals surface area (Å²) in [4.78, 5) is 6.48. The lowest BCUT2D eigenvalue weighted by Gasteiger charge is -2.20. The molecule has 0 fully saturated rings. The fraction of sp³-hybridized carbons (Fsp3) is 0.500. The first-order chi connectivity index (χ1) is 8.56. The van der Waals surface area contributed by atoms with Gasteiger partial charge in [0.15, 0.2) is 5.65 Å². The molecule has 0 saturated heterocycles. The molecule has 2 heterocycles. The van der Waals surface area contributed by atoms with Crippen molar-refractivity contribution in [2.45, 2.75) is 19.9 Å². The topological polar surface area (TPSA) is 45.5 Å². The first-order valence-corrected chi connectivity index (χ1v) is 6.02. The lowest BCUT2D eigenvalue weighted by Crippen LogP contribution is -2.31. The van der Waals surface area contributed by atoms with Gasteiger partial charge in [0, 0.05) is 19.1 Å². The van der Waals surface area contributed by atoms with Gasteiger partial charge in [0.05, 0.1) is 6.20 Å². The Labute approximate surface area is 106 Å². The largest absolute Gasteiger partial charge is 0.352 e. The number of nitrogens with zero attached hydrogens (tertiary/aromatic N) is 4. The Kier molecular flexibility index (Phi) is 3.76. The van der Waals surface area contributed by atoms with Crippen molar-refractivity contribution in [2.75, 3.05) is 25.5 Å². The molecule has 1 N–H and O–H groups in total. The van der Waals surface area contributed by atoms with E-state index in [4.69, 9.17) is 0 Å². The van der Waals surface area contributed by atoms with Crippen LogP contribution in [0.1, 0.15) is 13.8 Å². The number of hydrogen-bond acceptors (Lipinski definition) is 4. The third-order valence-electron chi connectivity index (χ3n) is 2.92. The number of halogens is 1. The van der Waals surface area contributed by atoms with Gasteiger partial charge in [-0.05, 0) is 33.0 Å². The lowest BCUT2D eigenvalue weighted by atomic mass is 10.3. The highest BCUT2D eigenvalue weighted by Gasteiger charge is 2.05. The van der Waals surface area contributed by atoms with E-state index in [1.807, 2.05) is 0 Å².